The highest BCUT2D eigenvalue weighted by atomic mass is 16.5. The molecule has 2 aliphatic rings. The summed E-state index contributed by atoms with van der Waals surface area (Å²) in [4.78, 5) is 20.3. The van der Waals surface area contributed by atoms with E-state index < -0.39 is 0 Å². The number of cyclic esters (lactones) is 1. The van der Waals surface area contributed by atoms with Crippen molar-refractivity contribution in [1.82, 2.24) is 0 Å². The first-order valence-electron chi connectivity index (χ1n) is 4.46. The highest BCUT2D eigenvalue weighted by molar-refractivity contribution is 5.80. The van der Waals surface area contributed by atoms with Gasteiger partial charge in [-0.15, -0.1) is 0 Å². The summed E-state index contributed by atoms with van der Waals surface area (Å²) in [6, 6.07) is 0. The summed E-state index contributed by atoms with van der Waals surface area (Å²) < 4.78 is 4.51. The number of ether oxygens (including phenoxy) is 1. The highest BCUT2D eigenvalue weighted by Crippen LogP contribution is 2.11. The minimum Gasteiger partial charge on any atom is -0.466 e. The molecule has 0 atom stereocenters. The largest absolute Gasteiger partial charge is 0.466 e. The average molecular weight is 170 g/mol. The molecule has 0 aromatic carbocycles. The van der Waals surface area contributed by atoms with E-state index in [-0.39, 0.29) is 5.97 Å². The third-order valence-corrected chi connectivity index (χ3v) is 1.95. The zero-order chi connectivity index (χ0) is 8.81. The second kappa shape index (κ2) is 4.91. The topological polar surface area (TPSA) is 43.4 Å². The maximum absolute atomic E-state index is 10.2. The number of rotatable bonds is 0. The molecule has 3 nitrogen and oxygen atoms in total. The van der Waals surface area contributed by atoms with Gasteiger partial charge in [0.05, 0.1) is 6.61 Å². The Labute approximate surface area is 72.1 Å². The van der Waals surface area contributed by atoms with Crippen molar-refractivity contribution < 1.29 is 14.3 Å². The van der Waals surface area contributed by atoms with Crippen molar-refractivity contribution in [2.24, 2.45) is 0 Å². The summed E-state index contributed by atoms with van der Waals surface area (Å²) in [5.74, 6) is 0.407. The van der Waals surface area contributed by atoms with E-state index in [9.17, 15) is 9.59 Å². The Balaban J connectivity index is 0.000000120. The van der Waals surface area contributed by atoms with Crippen LogP contribution in [0.3, 0.4) is 0 Å². The molecule has 1 saturated heterocycles. The number of carbonyl (C=O) groups is 2. The fourth-order valence-electron chi connectivity index (χ4n) is 1.24. The van der Waals surface area contributed by atoms with Crippen molar-refractivity contribution in [2.75, 3.05) is 6.61 Å². The van der Waals surface area contributed by atoms with E-state index in [1.54, 1.807) is 0 Å². The van der Waals surface area contributed by atoms with Crippen molar-refractivity contribution in [1.29, 1.82) is 0 Å². The Bertz CT molecular complexity index is 139. The molecule has 1 saturated carbocycles. The smallest absolute Gasteiger partial charge is 0.305 e. The number of Topliss-reactive ketones (excluding diaryl/α,β-unsaturated/α-hetero) is 1. The maximum Gasteiger partial charge on any atom is 0.305 e. The number of hydrogen-bond donors (Lipinski definition) is 0. The van der Waals surface area contributed by atoms with Crippen LogP contribution in [-0.4, -0.2) is 18.4 Å². The van der Waals surface area contributed by atoms with Gasteiger partial charge in [-0.1, -0.05) is 0 Å². The molecule has 12 heavy (non-hydrogen) atoms. The molecule has 0 spiro atoms. The van der Waals surface area contributed by atoms with Gasteiger partial charge < -0.3 is 4.74 Å². The summed E-state index contributed by atoms with van der Waals surface area (Å²) in [6.07, 6.45) is 5.51. The third-order valence-electron chi connectivity index (χ3n) is 1.95. The monoisotopic (exact) mass is 170 g/mol. The van der Waals surface area contributed by atoms with Crippen LogP contribution in [0.15, 0.2) is 0 Å². The van der Waals surface area contributed by atoms with Crippen LogP contribution < -0.4 is 0 Å². The zero-order valence-electron chi connectivity index (χ0n) is 7.17. The highest BCUT2D eigenvalue weighted by Gasteiger charge is 2.08. The van der Waals surface area contributed by atoms with E-state index in [2.05, 4.69) is 4.74 Å². The zero-order valence-corrected chi connectivity index (χ0v) is 7.17. The molecule has 0 amide bonds. The minimum atomic E-state index is -0.0463. The average Bonchev–Trinajstić information content (AvgIpc) is 2.63. The molecule has 0 radical (unpaired) electrons. The van der Waals surface area contributed by atoms with Gasteiger partial charge in [0.15, 0.2) is 0 Å². The van der Waals surface area contributed by atoms with Gasteiger partial charge in [-0.05, 0) is 19.3 Å². The molecule has 0 N–H and O–H groups in total. The Morgan fingerprint density at radius 2 is 1.58 bits per heavy atom. The van der Waals surface area contributed by atoms with Gasteiger partial charge in [0.2, 0.25) is 0 Å². The van der Waals surface area contributed by atoms with Crippen LogP contribution in [-0.2, 0) is 14.3 Å². The van der Waals surface area contributed by atoms with Crippen molar-refractivity contribution in [2.45, 2.75) is 38.5 Å². The molecule has 0 aromatic rings. The van der Waals surface area contributed by atoms with Crippen molar-refractivity contribution in [3.05, 3.63) is 0 Å². The maximum atomic E-state index is 10.2. The van der Waals surface area contributed by atoms with E-state index in [0.29, 0.717) is 18.8 Å². The molecule has 68 valence electrons. The van der Waals surface area contributed by atoms with E-state index in [1.165, 1.54) is 0 Å². The fourth-order valence-corrected chi connectivity index (χ4v) is 1.24. The van der Waals surface area contributed by atoms with Crippen molar-refractivity contribution in [3.63, 3.8) is 0 Å². The van der Waals surface area contributed by atoms with E-state index in [4.69, 9.17) is 0 Å². The van der Waals surface area contributed by atoms with Crippen molar-refractivity contribution in [3.8, 4) is 0 Å². The van der Waals surface area contributed by atoms with Gasteiger partial charge in [0.25, 0.3) is 0 Å². The van der Waals surface area contributed by atoms with Gasteiger partial charge in [-0.2, -0.15) is 0 Å². The van der Waals surface area contributed by atoms with Gasteiger partial charge in [0, 0.05) is 19.3 Å². The van der Waals surface area contributed by atoms with Gasteiger partial charge in [-0.3, -0.25) is 9.59 Å². The molecular formula is C9H14O3. The molecule has 1 heterocycles. The molecule has 0 unspecified atom stereocenters. The van der Waals surface area contributed by atoms with Gasteiger partial charge in [0.1, 0.15) is 5.78 Å². The molecule has 2 rings (SSSR count). The summed E-state index contributed by atoms with van der Waals surface area (Å²) >= 11 is 0. The Hall–Kier alpha value is -0.860. The Morgan fingerprint density at radius 1 is 0.917 bits per heavy atom. The normalized spacial score (nSPS) is 21.7. The predicted octanol–water partition coefficient (Wildman–Crippen LogP) is 1.45. The SMILES string of the molecule is O=C1CCCC1.O=C1CCCO1. The summed E-state index contributed by atoms with van der Waals surface area (Å²) in [7, 11) is 0. The minimum absolute atomic E-state index is 0.0463. The molecule has 3 heteroatoms. The molecular weight excluding hydrogens is 156 g/mol. The molecule has 0 aromatic heterocycles. The molecule has 2 fully saturated rings. The van der Waals surface area contributed by atoms with Crippen LogP contribution >= 0.6 is 0 Å². The number of esters is 1. The quantitative estimate of drug-likeness (QED) is 0.517. The lowest BCUT2D eigenvalue weighted by molar-refractivity contribution is -0.137. The van der Waals surface area contributed by atoms with E-state index in [1.807, 2.05) is 0 Å². The van der Waals surface area contributed by atoms with Gasteiger partial charge in [-0.25, -0.2) is 0 Å². The lowest BCUT2D eigenvalue weighted by Crippen LogP contribution is -1.88. The standard InChI is InChI=1S/C5H8O.C4H6O2/c6-5-3-1-2-4-5;5-4-2-1-3-6-4/h1-4H2;1-3H2. The molecule has 1 aliphatic carbocycles. The number of carbonyl (C=O) groups excluding carboxylic acids is 2. The fraction of sp³-hybridized carbons (Fsp3) is 0.778. The first-order chi connectivity index (χ1) is 5.79. The predicted molar refractivity (Wildman–Crippen MR) is 43.7 cm³/mol. The number of ketones is 1. The summed E-state index contributed by atoms with van der Waals surface area (Å²) in [5, 5.41) is 0. The Morgan fingerprint density at radius 3 is 1.75 bits per heavy atom. The van der Waals surface area contributed by atoms with E-state index >= 15 is 0 Å². The van der Waals surface area contributed by atoms with Crippen LogP contribution in [0.25, 0.3) is 0 Å². The summed E-state index contributed by atoms with van der Waals surface area (Å²) in [6.45, 7) is 0.638. The van der Waals surface area contributed by atoms with Crippen LogP contribution in [0.1, 0.15) is 38.5 Å². The second-order valence-electron chi connectivity index (χ2n) is 3.07. The van der Waals surface area contributed by atoms with Crippen LogP contribution in [0.4, 0.5) is 0 Å². The molecule has 0 bridgehead atoms. The Kier molecular flexibility index (Phi) is 3.77. The van der Waals surface area contributed by atoms with Crippen molar-refractivity contribution >= 4 is 11.8 Å². The number of hydrogen-bond acceptors (Lipinski definition) is 3. The first-order valence-corrected chi connectivity index (χ1v) is 4.46. The van der Waals surface area contributed by atoms with Crippen LogP contribution in [0.2, 0.25) is 0 Å². The van der Waals surface area contributed by atoms with Crippen LogP contribution in [0.5, 0.6) is 0 Å². The third kappa shape index (κ3) is 3.51. The van der Waals surface area contributed by atoms with Crippen LogP contribution in [0, 0.1) is 0 Å². The first kappa shape index (κ1) is 9.23. The van der Waals surface area contributed by atoms with E-state index in [0.717, 1.165) is 32.1 Å². The second-order valence-corrected chi connectivity index (χ2v) is 3.07. The lowest BCUT2D eigenvalue weighted by Gasteiger charge is -1.81. The lowest BCUT2D eigenvalue weighted by atomic mass is 10.4. The molecule has 1 aliphatic heterocycles. The summed E-state index contributed by atoms with van der Waals surface area (Å²) in [5.41, 5.74) is 0. The van der Waals surface area contributed by atoms with Gasteiger partial charge >= 0.3 is 5.97 Å².